The van der Waals surface area contributed by atoms with E-state index in [9.17, 15) is 5.11 Å². The summed E-state index contributed by atoms with van der Waals surface area (Å²) in [4.78, 5) is 4.35. The average Bonchev–Trinajstić information content (AvgIpc) is 3.23. The Hall–Kier alpha value is -2.41. The lowest BCUT2D eigenvalue weighted by molar-refractivity contribution is -0.128. The summed E-state index contributed by atoms with van der Waals surface area (Å²) < 4.78 is 13.6. The van der Waals surface area contributed by atoms with Crippen molar-refractivity contribution >= 4 is 15.9 Å². The first-order valence-electron chi connectivity index (χ1n) is 11.7. The lowest BCUT2D eigenvalue weighted by Crippen LogP contribution is -2.53. The van der Waals surface area contributed by atoms with Gasteiger partial charge in [0.25, 0.3) is 0 Å². The summed E-state index contributed by atoms with van der Waals surface area (Å²) in [7, 11) is 1.62. The van der Waals surface area contributed by atoms with Gasteiger partial charge in [-0.25, -0.2) is 0 Å². The van der Waals surface area contributed by atoms with Crippen LogP contribution >= 0.6 is 15.9 Å². The van der Waals surface area contributed by atoms with Crippen molar-refractivity contribution in [1.29, 1.82) is 0 Å². The molecule has 5 rings (SSSR count). The first kappa shape index (κ1) is 23.3. The summed E-state index contributed by atoms with van der Waals surface area (Å²) in [6.07, 6.45) is 4.12. The standard InChI is InChI=1S/C28H31BrN2O3/c1-26(2,3)31-15-20-14-22(18-8-6-5-7-9-18)28(19-10-12-21(29)13-11-19)27(20,32)25-23(33-4)16-30-17-24(25)34-28/h5-13,16-17,20,22,31-32H,14-15H2,1-4H3. The number of rotatable bonds is 5. The molecule has 6 heteroatoms. The average molecular weight is 523 g/mol. The summed E-state index contributed by atoms with van der Waals surface area (Å²) >= 11 is 3.56. The summed E-state index contributed by atoms with van der Waals surface area (Å²) in [5.41, 5.74) is 0.310. The fraction of sp³-hybridized carbons (Fsp3) is 0.393. The molecule has 4 atom stereocenters. The molecule has 0 radical (unpaired) electrons. The Labute approximate surface area is 209 Å². The maximum Gasteiger partial charge on any atom is 0.174 e. The summed E-state index contributed by atoms with van der Waals surface area (Å²) in [6, 6.07) is 18.5. The van der Waals surface area contributed by atoms with Crippen LogP contribution in [0.5, 0.6) is 11.5 Å². The SMILES string of the molecule is COc1cncc2c1C1(O)C(CNC(C)(C)C)CC(c3ccccc3)C1(c1ccc(Br)cc1)O2. The molecule has 34 heavy (non-hydrogen) atoms. The van der Waals surface area contributed by atoms with Crippen LogP contribution in [0.2, 0.25) is 0 Å². The van der Waals surface area contributed by atoms with Gasteiger partial charge in [0.2, 0.25) is 0 Å². The van der Waals surface area contributed by atoms with Crippen molar-refractivity contribution < 1.29 is 14.6 Å². The van der Waals surface area contributed by atoms with Crippen LogP contribution in [-0.2, 0) is 11.2 Å². The van der Waals surface area contributed by atoms with E-state index in [1.807, 2.05) is 18.2 Å². The number of halogens is 1. The quantitative estimate of drug-likeness (QED) is 0.461. The van der Waals surface area contributed by atoms with Crippen LogP contribution in [0.3, 0.4) is 0 Å². The number of aliphatic hydroxyl groups is 1. The molecule has 0 bridgehead atoms. The highest BCUT2D eigenvalue weighted by Gasteiger charge is 2.73. The van der Waals surface area contributed by atoms with E-state index in [1.165, 1.54) is 0 Å². The van der Waals surface area contributed by atoms with Gasteiger partial charge < -0.3 is 19.9 Å². The molecule has 0 saturated heterocycles. The smallest absolute Gasteiger partial charge is 0.174 e. The van der Waals surface area contributed by atoms with E-state index in [-0.39, 0.29) is 17.4 Å². The van der Waals surface area contributed by atoms with Crippen molar-refractivity contribution in [3.63, 3.8) is 0 Å². The molecule has 1 aliphatic heterocycles. The molecular formula is C28H31BrN2O3. The Morgan fingerprint density at radius 1 is 1.12 bits per heavy atom. The molecule has 1 fully saturated rings. The number of ether oxygens (including phenoxy) is 2. The van der Waals surface area contributed by atoms with E-state index >= 15 is 0 Å². The van der Waals surface area contributed by atoms with Crippen molar-refractivity contribution in [2.75, 3.05) is 13.7 Å². The number of hydrogen-bond acceptors (Lipinski definition) is 5. The molecular weight excluding hydrogens is 492 g/mol. The molecule has 2 aromatic carbocycles. The number of hydrogen-bond donors (Lipinski definition) is 2. The van der Waals surface area contributed by atoms with Gasteiger partial charge in [0.05, 0.1) is 25.1 Å². The maximum absolute atomic E-state index is 13.0. The molecule has 1 aromatic heterocycles. The Bertz CT molecular complexity index is 1180. The molecule has 0 amide bonds. The van der Waals surface area contributed by atoms with Crippen LogP contribution in [0.25, 0.3) is 0 Å². The third-order valence-electron chi connectivity index (χ3n) is 7.27. The van der Waals surface area contributed by atoms with Crippen LogP contribution in [0.15, 0.2) is 71.5 Å². The van der Waals surface area contributed by atoms with Crippen LogP contribution in [0.1, 0.15) is 49.8 Å². The Kier molecular flexibility index (Phi) is 5.74. The highest BCUT2D eigenvalue weighted by Crippen LogP contribution is 2.69. The van der Waals surface area contributed by atoms with Gasteiger partial charge in [-0.15, -0.1) is 0 Å². The molecule has 4 unspecified atom stereocenters. The van der Waals surface area contributed by atoms with Gasteiger partial charge in [0.1, 0.15) is 17.1 Å². The van der Waals surface area contributed by atoms with E-state index in [0.717, 1.165) is 22.0 Å². The zero-order chi connectivity index (χ0) is 24.1. The van der Waals surface area contributed by atoms with Crippen LogP contribution in [0, 0.1) is 5.92 Å². The van der Waals surface area contributed by atoms with E-state index in [1.54, 1.807) is 19.5 Å². The number of nitrogens with zero attached hydrogens (tertiary/aromatic N) is 1. The molecule has 1 saturated carbocycles. The summed E-state index contributed by atoms with van der Waals surface area (Å²) in [5.74, 6) is 0.918. The Morgan fingerprint density at radius 2 is 1.82 bits per heavy atom. The normalized spacial score (nSPS) is 27.7. The van der Waals surface area contributed by atoms with Crippen molar-refractivity contribution in [2.24, 2.45) is 5.92 Å². The van der Waals surface area contributed by atoms with Crippen LogP contribution < -0.4 is 14.8 Å². The number of nitrogens with one attached hydrogen (secondary N) is 1. The van der Waals surface area contributed by atoms with E-state index < -0.39 is 11.2 Å². The van der Waals surface area contributed by atoms with Crippen molar-refractivity contribution in [1.82, 2.24) is 10.3 Å². The molecule has 5 nitrogen and oxygen atoms in total. The second-order valence-corrected chi connectivity index (χ2v) is 11.3. The molecule has 3 aromatic rings. The zero-order valence-corrected chi connectivity index (χ0v) is 21.6. The third-order valence-corrected chi connectivity index (χ3v) is 7.80. The minimum atomic E-state index is -1.33. The van der Waals surface area contributed by atoms with Gasteiger partial charge in [-0.3, -0.25) is 4.98 Å². The number of aromatic nitrogens is 1. The third kappa shape index (κ3) is 3.46. The molecule has 2 heterocycles. The zero-order valence-electron chi connectivity index (χ0n) is 20.0. The number of fused-ring (bicyclic) bond motifs is 3. The van der Waals surface area contributed by atoms with Gasteiger partial charge in [0.15, 0.2) is 5.60 Å². The predicted molar refractivity (Wildman–Crippen MR) is 136 cm³/mol. The fourth-order valence-electron chi connectivity index (χ4n) is 5.83. The van der Waals surface area contributed by atoms with E-state index in [2.05, 4.69) is 83.4 Å². The first-order valence-corrected chi connectivity index (χ1v) is 12.5. The van der Waals surface area contributed by atoms with Gasteiger partial charge in [0, 0.05) is 28.4 Å². The van der Waals surface area contributed by atoms with Gasteiger partial charge in [-0.1, -0.05) is 58.4 Å². The monoisotopic (exact) mass is 522 g/mol. The Morgan fingerprint density at radius 3 is 2.47 bits per heavy atom. The van der Waals surface area contributed by atoms with Crippen LogP contribution in [0.4, 0.5) is 0 Å². The van der Waals surface area contributed by atoms with Gasteiger partial charge in [-0.05, 0) is 50.5 Å². The highest BCUT2D eigenvalue weighted by molar-refractivity contribution is 9.10. The van der Waals surface area contributed by atoms with E-state index in [0.29, 0.717) is 23.6 Å². The molecule has 0 spiro atoms. The lowest BCUT2D eigenvalue weighted by Gasteiger charge is -2.42. The minimum absolute atomic E-state index is 0.0799. The molecule has 1 aliphatic carbocycles. The fourth-order valence-corrected chi connectivity index (χ4v) is 6.09. The first-order chi connectivity index (χ1) is 16.2. The van der Waals surface area contributed by atoms with Gasteiger partial charge >= 0.3 is 0 Å². The van der Waals surface area contributed by atoms with Crippen molar-refractivity contribution in [3.8, 4) is 11.5 Å². The summed E-state index contributed by atoms with van der Waals surface area (Å²) in [6.45, 7) is 7.07. The lowest BCUT2D eigenvalue weighted by atomic mass is 9.70. The van der Waals surface area contributed by atoms with Crippen LogP contribution in [-0.4, -0.2) is 29.3 Å². The topological polar surface area (TPSA) is 63.6 Å². The van der Waals surface area contributed by atoms with Crippen molar-refractivity contribution in [2.45, 2.75) is 49.9 Å². The highest BCUT2D eigenvalue weighted by atomic mass is 79.9. The molecule has 2 N–H and O–H groups in total. The molecule has 178 valence electrons. The number of pyridine rings is 1. The second-order valence-electron chi connectivity index (χ2n) is 10.4. The number of methoxy groups -OCH3 is 1. The second kappa shape index (κ2) is 8.36. The minimum Gasteiger partial charge on any atom is -0.495 e. The number of benzene rings is 2. The molecule has 2 aliphatic rings. The summed E-state index contributed by atoms with van der Waals surface area (Å²) in [5, 5.41) is 16.6. The van der Waals surface area contributed by atoms with E-state index in [4.69, 9.17) is 9.47 Å². The predicted octanol–water partition coefficient (Wildman–Crippen LogP) is 5.52. The Balaban J connectivity index is 1.78. The van der Waals surface area contributed by atoms with Gasteiger partial charge in [-0.2, -0.15) is 0 Å². The van der Waals surface area contributed by atoms with Crippen molar-refractivity contribution in [3.05, 3.63) is 88.2 Å². The maximum atomic E-state index is 13.0. The largest absolute Gasteiger partial charge is 0.495 e.